The molecule has 182 valence electrons. The molecule has 4 N–H and O–H groups in total. The Balaban J connectivity index is 1.59. The number of anilines is 2. The lowest BCUT2D eigenvalue weighted by atomic mass is 10.2. The zero-order valence-electron chi connectivity index (χ0n) is 19.6. The van der Waals surface area contributed by atoms with Crippen molar-refractivity contribution in [2.45, 2.75) is 58.7 Å². The lowest BCUT2D eigenvalue weighted by molar-refractivity contribution is 0.601. The number of hydrogen-bond donors (Lipinski definition) is 3. The Morgan fingerprint density at radius 2 is 1.89 bits per heavy atom. The highest BCUT2D eigenvalue weighted by molar-refractivity contribution is 7.18. The number of nitrogens with one attached hydrogen (secondary N) is 2. The van der Waals surface area contributed by atoms with E-state index in [1.165, 1.54) is 9.44 Å². The standard InChI is InChI=1S/C25H28N6O3S/c1-2-3-12-31-21(26)20(23(33)29-25(31)34)30(13-15-8-5-4-6-9-15)14-18-27-22(32)19-16-10-7-11-17(16)35-24(19)28-18/h4-6,8-9H,2-3,7,10-14,26H2,1H3,(H,27,28,32)(H,29,33,34). The molecule has 0 atom stereocenters. The van der Waals surface area contributed by atoms with Crippen molar-refractivity contribution in [2.24, 2.45) is 0 Å². The van der Waals surface area contributed by atoms with Crippen molar-refractivity contribution in [3.63, 3.8) is 0 Å². The normalized spacial score (nSPS) is 12.8. The van der Waals surface area contributed by atoms with Crippen molar-refractivity contribution in [2.75, 3.05) is 10.6 Å². The van der Waals surface area contributed by atoms with Gasteiger partial charge in [0.15, 0.2) is 0 Å². The lowest BCUT2D eigenvalue weighted by Crippen LogP contribution is -2.38. The van der Waals surface area contributed by atoms with E-state index in [0.717, 1.165) is 48.1 Å². The largest absolute Gasteiger partial charge is 0.383 e. The van der Waals surface area contributed by atoms with Crippen molar-refractivity contribution in [1.29, 1.82) is 0 Å². The van der Waals surface area contributed by atoms with Gasteiger partial charge in [-0.1, -0.05) is 43.7 Å². The van der Waals surface area contributed by atoms with Crippen LogP contribution in [0.15, 0.2) is 44.7 Å². The van der Waals surface area contributed by atoms with Gasteiger partial charge in [0.25, 0.3) is 11.1 Å². The van der Waals surface area contributed by atoms with Crippen molar-refractivity contribution in [3.8, 4) is 0 Å². The molecule has 4 aromatic rings. The fourth-order valence-electron chi connectivity index (χ4n) is 4.74. The van der Waals surface area contributed by atoms with Gasteiger partial charge in [-0.05, 0) is 36.8 Å². The third-order valence-corrected chi connectivity index (χ3v) is 7.63. The van der Waals surface area contributed by atoms with Gasteiger partial charge in [-0.15, -0.1) is 11.3 Å². The number of hydrogen-bond acceptors (Lipinski definition) is 7. The minimum Gasteiger partial charge on any atom is -0.383 e. The van der Waals surface area contributed by atoms with Gasteiger partial charge >= 0.3 is 5.69 Å². The average molecular weight is 493 g/mol. The number of H-pyrrole nitrogens is 2. The second-order valence-corrected chi connectivity index (χ2v) is 9.97. The molecule has 10 heteroatoms. The number of thiophene rings is 1. The summed E-state index contributed by atoms with van der Waals surface area (Å²) < 4.78 is 1.40. The summed E-state index contributed by atoms with van der Waals surface area (Å²) in [6.07, 6.45) is 4.59. The predicted octanol–water partition coefficient (Wildman–Crippen LogP) is 2.91. The molecule has 0 unspecified atom stereocenters. The van der Waals surface area contributed by atoms with E-state index in [4.69, 9.17) is 10.7 Å². The average Bonchev–Trinajstić information content (AvgIpc) is 3.40. The first-order valence-corrected chi connectivity index (χ1v) is 12.7. The molecule has 0 fully saturated rings. The molecule has 0 radical (unpaired) electrons. The van der Waals surface area contributed by atoms with Crippen LogP contribution in [0, 0.1) is 0 Å². The second-order valence-electron chi connectivity index (χ2n) is 8.89. The van der Waals surface area contributed by atoms with E-state index in [-0.39, 0.29) is 23.6 Å². The van der Waals surface area contributed by atoms with Crippen molar-refractivity contribution >= 4 is 33.1 Å². The highest BCUT2D eigenvalue weighted by Crippen LogP contribution is 2.34. The van der Waals surface area contributed by atoms with Gasteiger partial charge in [0.2, 0.25) is 0 Å². The Bertz CT molecular complexity index is 1550. The number of aryl methyl sites for hydroxylation is 2. The van der Waals surface area contributed by atoms with Crippen LogP contribution in [0.2, 0.25) is 0 Å². The molecule has 9 nitrogen and oxygen atoms in total. The van der Waals surface area contributed by atoms with E-state index in [2.05, 4.69) is 9.97 Å². The number of nitrogens with zero attached hydrogens (tertiary/aromatic N) is 3. The number of fused-ring (bicyclic) bond motifs is 3. The molecule has 1 aromatic carbocycles. The molecule has 0 saturated heterocycles. The van der Waals surface area contributed by atoms with Crippen LogP contribution in [0.1, 0.15) is 48.0 Å². The van der Waals surface area contributed by atoms with Crippen molar-refractivity contribution in [3.05, 3.63) is 83.4 Å². The number of unbranched alkanes of at least 4 members (excludes halogenated alkanes) is 1. The maximum absolute atomic E-state index is 13.0. The molecule has 3 heterocycles. The quantitative estimate of drug-likeness (QED) is 0.347. The number of benzene rings is 1. The molecule has 0 bridgehead atoms. The van der Waals surface area contributed by atoms with E-state index >= 15 is 0 Å². The molecule has 0 spiro atoms. The van der Waals surface area contributed by atoms with Crippen molar-refractivity contribution in [1.82, 2.24) is 19.5 Å². The summed E-state index contributed by atoms with van der Waals surface area (Å²) in [6.45, 7) is 2.94. The van der Waals surface area contributed by atoms with Crippen LogP contribution in [0.5, 0.6) is 0 Å². The van der Waals surface area contributed by atoms with E-state index in [1.807, 2.05) is 37.3 Å². The van der Waals surface area contributed by atoms with Gasteiger partial charge in [-0.25, -0.2) is 9.78 Å². The summed E-state index contributed by atoms with van der Waals surface area (Å²) in [5, 5.41) is 0.686. The highest BCUT2D eigenvalue weighted by atomic mass is 32.1. The summed E-state index contributed by atoms with van der Waals surface area (Å²) in [5.41, 5.74) is 7.45. The molecule has 5 rings (SSSR count). The first kappa shape index (κ1) is 23.1. The van der Waals surface area contributed by atoms with E-state index in [1.54, 1.807) is 16.2 Å². The maximum Gasteiger partial charge on any atom is 0.330 e. The fraction of sp³-hybridized carbons (Fsp3) is 0.360. The van der Waals surface area contributed by atoms with Gasteiger partial charge < -0.3 is 15.6 Å². The summed E-state index contributed by atoms with van der Waals surface area (Å²) in [4.78, 5) is 52.3. The van der Waals surface area contributed by atoms with Crippen LogP contribution < -0.4 is 27.4 Å². The summed E-state index contributed by atoms with van der Waals surface area (Å²) in [6, 6.07) is 9.66. The van der Waals surface area contributed by atoms with E-state index in [9.17, 15) is 14.4 Å². The molecule has 0 aliphatic heterocycles. The first-order valence-electron chi connectivity index (χ1n) is 11.9. The van der Waals surface area contributed by atoms with E-state index in [0.29, 0.717) is 24.3 Å². The summed E-state index contributed by atoms with van der Waals surface area (Å²) in [5.74, 6) is 0.560. The number of rotatable bonds is 8. The Kier molecular flexibility index (Phi) is 6.29. The van der Waals surface area contributed by atoms with Gasteiger partial charge in [-0.3, -0.25) is 19.1 Å². The number of nitrogen functional groups attached to an aromatic ring is 1. The third-order valence-electron chi connectivity index (χ3n) is 6.45. The predicted molar refractivity (Wildman–Crippen MR) is 139 cm³/mol. The smallest absolute Gasteiger partial charge is 0.330 e. The second kappa shape index (κ2) is 9.53. The summed E-state index contributed by atoms with van der Waals surface area (Å²) in [7, 11) is 0. The highest BCUT2D eigenvalue weighted by Gasteiger charge is 2.23. The SMILES string of the molecule is CCCCn1c(N)c(N(Cc2ccccc2)Cc2nc3sc4c(c3c(=O)[nH]2)CCC4)c(=O)[nH]c1=O. The molecular formula is C25H28N6O3S. The Morgan fingerprint density at radius 3 is 2.66 bits per heavy atom. The Labute approximate surface area is 205 Å². The minimum absolute atomic E-state index is 0.113. The van der Waals surface area contributed by atoms with Crippen LogP contribution in [0.3, 0.4) is 0 Å². The van der Waals surface area contributed by atoms with E-state index < -0.39 is 11.2 Å². The molecule has 1 aliphatic carbocycles. The van der Waals surface area contributed by atoms with Crippen LogP contribution in [0.4, 0.5) is 11.5 Å². The van der Waals surface area contributed by atoms with Crippen molar-refractivity contribution < 1.29 is 0 Å². The Hall–Kier alpha value is -3.66. The van der Waals surface area contributed by atoms with Gasteiger partial charge in [0, 0.05) is 18.0 Å². The molecule has 35 heavy (non-hydrogen) atoms. The molecule has 1 aliphatic rings. The minimum atomic E-state index is -0.560. The lowest BCUT2D eigenvalue weighted by Gasteiger charge is -2.26. The third kappa shape index (κ3) is 4.41. The first-order chi connectivity index (χ1) is 17.0. The maximum atomic E-state index is 13.0. The van der Waals surface area contributed by atoms with Gasteiger partial charge in [-0.2, -0.15) is 0 Å². The molecule has 0 amide bonds. The summed E-state index contributed by atoms with van der Waals surface area (Å²) >= 11 is 1.57. The van der Waals surface area contributed by atoms with Gasteiger partial charge in [0.1, 0.15) is 22.2 Å². The Morgan fingerprint density at radius 1 is 1.09 bits per heavy atom. The molecule has 3 aromatic heterocycles. The van der Waals surface area contributed by atoms with Crippen LogP contribution in [0.25, 0.3) is 10.2 Å². The molecular weight excluding hydrogens is 464 g/mol. The van der Waals surface area contributed by atoms with Gasteiger partial charge in [0.05, 0.1) is 11.9 Å². The fourth-order valence-corrected chi connectivity index (χ4v) is 6.02. The molecule has 0 saturated carbocycles. The number of nitrogens with two attached hydrogens (primary N) is 1. The van der Waals surface area contributed by atoms with Crippen LogP contribution in [-0.2, 0) is 32.5 Å². The van der Waals surface area contributed by atoms with Crippen LogP contribution >= 0.6 is 11.3 Å². The topological polar surface area (TPSA) is 130 Å². The number of aromatic nitrogens is 4. The zero-order valence-corrected chi connectivity index (χ0v) is 20.4. The van der Waals surface area contributed by atoms with Crippen LogP contribution in [-0.4, -0.2) is 19.5 Å². The number of aromatic amines is 2. The monoisotopic (exact) mass is 492 g/mol. The zero-order chi connectivity index (χ0) is 24.5.